The number of hydrogen-bond acceptors (Lipinski definition) is 6. The summed E-state index contributed by atoms with van der Waals surface area (Å²) >= 11 is 0. The van der Waals surface area contributed by atoms with Crippen molar-refractivity contribution in [1.29, 1.82) is 0 Å². The summed E-state index contributed by atoms with van der Waals surface area (Å²) in [6.07, 6.45) is 0. The van der Waals surface area contributed by atoms with Gasteiger partial charge in [-0.15, -0.1) is 10.2 Å². The Morgan fingerprint density at radius 2 is 2.00 bits per heavy atom. The van der Waals surface area contributed by atoms with Crippen molar-refractivity contribution >= 4 is 19.7 Å². The predicted molar refractivity (Wildman–Crippen MR) is 69.4 cm³/mol. The lowest BCUT2D eigenvalue weighted by atomic mass is 10.2. The topological polar surface area (TPSA) is 83.3 Å². The fraction of sp³-hybridized carbons (Fsp3) is 0.800. The normalized spacial score (nSPS) is 12.3. The number of rotatable bonds is 8. The molecular weight excluding hydrogens is 294 g/mol. The highest BCUT2D eigenvalue weighted by Gasteiger charge is 2.23. The van der Waals surface area contributed by atoms with Gasteiger partial charge in [0.2, 0.25) is 0 Å². The minimum atomic E-state index is -3.91. The molecule has 9 heteroatoms. The van der Waals surface area contributed by atoms with Gasteiger partial charge < -0.3 is 9.47 Å². The summed E-state index contributed by atoms with van der Waals surface area (Å²) < 4.78 is 34.5. The molecule has 0 aliphatic rings. The summed E-state index contributed by atoms with van der Waals surface area (Å²) in [5.74, 6) is 0.662. The average Bonchev–Trinajstić information content (AvgIpc) is 2.66. The van der Waals surface area contributed by atoms with Crippen LogP contribution in [-0.4, -0.2) is 43.5 Å². The minimum Gasteiger partial charge on any atom is -0.382 e. The van der Waals surface area contributed by atoms with Gasteiger partial charge in [0.25, 0.3) is 14.2 Å². The van der Waals surface area contributed by atoms with E-state index < -0.39 is 9.05 Å². The molecule has 19 heavy (non-hydrogen) atoms. The third-order valence-corrected chi connectivity index (χ3v) is 3.37. The van der Waals surface area contributed by atoms with Gasteiger partial charge in [-0.3, -0.25) is 4.57 Å². The van der Waals surface area contributed by atoms with Gasteiger partial charge in [-0.05, 0) is 5.92 Å². The lowest BCUT2D eigenvalue weighted by Gasteiger charge is -2.11. The maximum absolute atomic E-state index is 11.4. The molecule has 110 valence electrons. The van der Waals surface area contributed by atoms with Gasteiger partial charge in [-0.25, -0.2) is 8.42 Å². The van der Waals surface area contributed by atoms with Crippen LogP contribution in [-0.2, 0) is 31.7 Å². The SMILES string of the molecule is COCCOCc1nnc(S(=O)(=O)Cl)n1CC(C)C. The quantitative estimate of drug-likeness (QED) is 0.526. The Hall–Kier alpha value is -0.700. The Bertz CT molecular complexity index is 501. The number of nitrogens with zero attached hydrogens (tertiary/aromatic N) is 3. The van der Waals surface area contributed by atoms with Crippen molar-refractivity contribution < 1.29 is 17.9 Å². The summed E-state index contributed by atoms with van der Waals surface area (Å²) in [6, 6.07) is 0. The second-order valence-electron chi connectivity index (χ2n) is 4.39. The van der Waals surface area contributed by atoms with Crippen LogP contribution >= 0.6 is 10.7 Å². The first-order valence-electron chi connectivity index (χ1n) is 5.79. The second-order valence-corrected chi connectivity index (χ2v) is 6.85. The Morgan fingerprint density at radius 1 is 1.32 bits per heavy atom. The summed E-state index contributed by atoms with van der Waals surface area (Å²) in [4.78, 5) is 0. The Balaban J connectivity index is 2.88. The van der Waals surface area contributed by atoms with E-state index in [9.17, 15) is 8.42 Å². The summed E-state index contributed by atoms with van der Waals surface area (Å²) in [6.45, 7) is 5.39. The van der Waals surface area contributed by atoms with E-state index in [-0.39, 0.29) is 17.7 Å². The van der Waals surface area contributed by atoms with Crippen molar-refractivity contribution in [3.8, 4) is 0 Å². The maximum Gasteiger partial charge on any atom is 0.296 e. The molecule has 1 aromatic heterocycles. The van der Waals surface area contributed by atoms with E-state index >= 15 is 0 Å². The molecule has 0 amide bonds. The Morgan fingerprint density at radius 3 is 2.53 bits per heavy atom. The second kappa shape index (κ2) is 7.18. The average molecular weight is 312 g/mol. The molecular formula is C10H18ClN3O4S. The van der Waals surface area contributed by atoms with Gasteiger partial charge in [0.05, 0.1) is 13.2 Å². The standard InChI is InChI=1S/C10H18ClN3O4S/c1-8(2)6-14-9(7-18-5-4-17-3)12-13-10(14)19(11,15)16/h8H,4-7H2,1-3H3. The molecule has 7 nitrogen and oxygen atoms in total. The number of methoxy groups -OCH3 is 1. The molecule has 0 saturated carbocycles. The first-order valence-corrected chi connectivity index (χ1v) is 8.10. The van der Waals surface area contributed by atoms with Crippen LogP contribution in [0.25, 0.3) is 0 Å². The summed E-state index contributed by atoms with van der Waals surface area (Å²) in [5.41, 5.74) is 0. The third kappa shape index (κ3) is 5.06. The Kier molecular flexibility index (Phi) is 6.18. The van der Waals surface area contributed by atoms with Gasteiger partial charge in [-0.2, -0.15) is 0 Å². The minimum absolute atomic E-state index is 0.162. The van der Waals surface area contributed by atoms with Crippen LogP contribution in [0.3, 0.4) is 0 Å². The van der Waals surface area contributed by atoms with Gasteiger partial charge in [0.1, 0.15) is 6.61 Å². The van der Waals surface area contributed by atoms with E-state index in [2.05, 4.69) is 10.2 Å². The van der Waals surface area contributed by atoms with Crippen molar-refractivity contribution in [1.82, 2.24) is 14.8 Å². The highest BCUT2D eigenvalue weighted by atomic mass is 35.7. The fourth-order valence-electron chi connectivity index (χ4n) is 1.46. The van der Waals surface area contributed by atoms with Gasteiger partial charge >= 0.3 is 0 Å². The van der Waals surface area contributed by atoms with Gasteiger partial charge in [0.15, 0.2) is 5.82 Å². The maximum atomic E-state index is 11.4. The number of ether oxygens (including phenoxy) is 2. The molecule has 1 aromatic rings. The zero-order chi connectivity index (χ0) is 14.5. The number of aromatic nitrogens is 3. The largest absolute Gasteiger partial charge is 0.382 e. The first-order chi connectivity index (χ1) is 8.86. The number of halogens is 1. The lowest BCUT2D eigenvalue weighted by molar-refractivity contribution is 0.0567. The molecule has 1 rings (SSSR count). The molecule has 0 unspecified atom stereocenters. The smallest absolute Gasteiger partial charge is 0.296 e. The molecule has 0 saturated heterocycles. The highest BCUT2D eigenvalue weighted by molar-refractivity contribution is 8.13. The third-order valence-electron chi connectivity index (χ3n) is 2.22. The molecule has 0 aliphatic heterocycles. The zero-order valence-electron chi connectivity index (χ0n) is 11.2. The monoisotopic (exact) mass is 311 g/mol. The molecule has 1 heterocycles. The van der Waals surface area contributed by atoms with Crippen molar-refractivity contribution in [2.24, 2.45) is 5.92 Å². The van der Waals surface area contributed by atoms with Crippen molar-refractivity contribution in [3.05, 3.63) is 5.82 Å². The van der Waals surface area contributed by atoms with Gasteiger partial charge in [-0.1, -0.05) is 13.8 Å². The van der Waals surface area contributed by atoms with E-state index in [4.69, 9.17) is 20.2 Å². The van der Waals surface area contributed by atoms with Crippen LogP contribution in [0.1, 0.15) is 19.7 Å². The first kappa shape index (κ1) is 16.4. The molecule has 0 radical (unpaired) electrons. The van der Waals surface area contributed by atoms with Gasteiger partial charge in [0, 0.05) is 24.3 Å². The van der Waals surface area contributed by atoms with Crippen LogP contribution in [0.2, 0.25) is 0 Å². The Labute approximate surface area is 117 Å². The predicted octanol–water partition coefficient (Wildman–Crippen LogP) is 1.02. The summed E-state index contributed by atoms with van der Waals surface area (Å²) in [5, 5.41) is 7.20. The molecule has 0 aromatic carbocycles. The van der Waals surface area contributed by atoms with E-state index in [1.807, 2.05) is 13.8 Å². The van der Waals surface area contributed by atoms with Crippen LogP contribution in [0.15, 0.2) is 5.16 Å². The molecule has 0 N–H and O–H groups in total. The van der Waals surface area contributed by atoms with Crippen LogP contribution in [0.5, 0.6) is 0 Å². The van der Waals surface area contributed by atoms with E-state index in [1.54, 1.807) is 7.11 Å². The zero-order valence-corrected chi connectivity index (χ0v) is 12.7. The number of hydrogen-bond donors (Lipinski definition) is 0. The molecule has 0 fully saturated rings. The fourth-order valence-corrected chi connectivity index (χ4v) is 2.38. The van der Waals surface area contributed by atoms with E-state index in [0.717, 1.165) is 0 Å². The van der Waals surface area contributed by atoms with E-state index in [1.165, 1.54) is 4.57 Å². The van der Waals surface area contributed by atoms with Crippen LogP contribution < -0.4 is 0 Å². The van der Waals surface area contributed by atoms with Crippen molar-refractivity contribution in [2.45, 2.75) is 32.2 Å². The van der Waals surface area contributed by atoms with E-state index in [0.29, 0.717) is 25.6 Å². The summed E-state index contributed by atoms with van der Waals surface area (Å²) in [7, 11) is 2.99. The molecule has 0 spiro atoms. The van der Waals surface area contributed by atoms with Crippen molar-refractivity contribution in [3.63, 3.8) is 0 Å². The van der Waals surface area contributed by atoms with Crippen LogP contribution in [0.4, 0.5) is 0 Å². The highest BCUT2D eigenvalue weighted by Crippen LogP contribution is 2.16. The molecule has 0 atom stereocenters. The lowest BCUT2D eigenvalue weighted by Crippen LogP contribution is -2.14. The molecule has 0 bridgehead atoms. The van der Waals surface area contributed by atoms with Crippen molar-refractivity contribution in [2.75, 3.05) is 20.3 Å². The van der Waals surface area contributed by atoms with Crippen LogP contribution in [0, 0.1) is 5.92 Å². The molecule has 0 aliphatic carbocycles.